The maximum Gasteiger partial charge on any atom is 0.411 e. The van der Waals surface area contributed by atoms with Crippen molar-refractivity contribution < 1.29 is 40.7 Å². The number of carbonyl (C=O) groups excluding carboxylic acids is 3. The molecular formula is C18H16F6N3O3Si. The van der Waals surface area contributed by atoms with E-state index in [0.29, 0.717) is 6.08 Å². The monoisotopic (exact) mass is 464 g/mol. The first kappa shape index (κ1) is 24.4. The van der Waals surface area contributed by atoms with Crippen LogP contribution in [0.4, 0.5) is 32.0 Å². The Kier molecular flexibility index (Phi) is 7.19. The van der Waals surface area contributed by atoms with Crippen molar-refractivity contribution in [2.75, 3.05) is 18.4 Å². The minimum absolute atomic E-state index is 0.0769. The highest BCUT2D eigenvalue weighted by Crippen LogP contribution is 2.29. The van der Waals surface area contributed by atoms with E-state index in [0.717, 1.165) is 23.1 Å². The predicted molar refractivity (Wildman–Crippen MR) is 97.6 cm³/mol. The third-order valence-electron chi connectivity index (χ3n) is 4.60. The summed E-state index contributed by atoms with van der Waals surface area (Å²) in [5, 5.41) is 0.801. The molecule has 1 saturated heterocycles. The van der Waals surface area contributed by atoms with Crippen LogP contribution in [0.2, 0.25) is 0 Å². The van der Waals surface area contributed by atoms with Gasteiger partial charge in [0, 0.05) is 18.8 Å². The molecule has 1 aromatic rings. The highest BCUT2D eigenvalue weighted by Gasteiger charge is 2.51. The van der Waals surface area contributed by atoms with Crippen molar-refractivity contribution in [3.63, 3.8) is 0 Å². The summed E-state index contributed by atoms with van der Waals surface area (Å²) in [6.45, 7) is 2.60. The molecule has 2 rings (SSSR count). The SMILES string of the molecule is C=C[C@@]([Si])(NC(=O)C(=O)N1CC[C@H](C(=O)Nc2ccc(F)c(C(F)F)c2)C1)C(F)(F)F. The van der Waals surface area contributed by atoms with Gasteiger partial charge in [0.15, 0.2) is 0 Å². The van der Waals surface area contributed by atoms with Crippen molar-refractivity contribution in [2.45, 2.75) is 24.2 Å². The molecule has 13 heteroatoms. The lowest BCUT2D eigenvalue weighted by atomic mass is 10.1. The van der Waals surface area contributed by atoms with Gasteiger partial charge in [-0.15, -0.1) is 6.58 Å². The fourth-order valence-corrected chi connectivity index (χ4v) is 2.92. The van der Waals surface area contributed by atoms with Gasteiger partial charge in [-0.05, 0) is 24.6 Å². The second kappa shape index (κ2) is 9.12. The third kappa shape index (κ3) is 5.45. The van der Waals surface area contributed by atoms with Gasteiger partial charge >= 0.3 is 18.0 Å². The number of alkyl halides is 5. The van der Waals surface area contributed by atoms with Crippen LogP contribution in [0.1, 0.15) is 18.4 Å². The lowest BCUT2D eigenvalue weighted by molar-refractivity contribution is -0.166. The van der Waals surface area contributed by atoms with Gasteiger partial charge in [-0.3, -0.25) is 14.4 Å². The first-order valence-corrected chi connectivity index (χ1v) is 9.24. The van der Waals surface area contributed by atoms with E-state index in [-0.39, 0.29) is 25.2 Å². The number of hydrogen-bond donors (Lipinski definition) is 2. The largest absolute Gasteiger partial charge is 0.411 e. The normalized spacial score (nSPS) is 18.5. The Morgan fingerprint density at radius 1 is 1.26 bits per heavy atom. The molecule has 0 aromatic heterocycles. The van der Waals surface area contributed by atoms with Crippen LogP contribution in [-0.4, -0.2) is 57.3 Å². The van der Waals surface area contributed by atoms with Crippen LogP contribution >= 0.6 is 0 Å². The van der Waals surface area contributed by atoms with E-state index in [9.17, 15) is 40.7 Å². The lowest BCUT2D eigenvalue weighted by Gasteiger charge is -2.30. The van der Waals surface area contributed by atoms with Gasteiger partial charge in [-0.25, -0.2) is 13.2 Å². The summed E-state index contributed by atoms with van der Waals surface area (Å²) >= 11 is 0. The van der Waals surface area contributed by atoms with E-state index in [1.807, 2.05) is 0 Å². The topological polar surface area (TPSA) is 78.5 Å². The second-order valence-electron chi connectivity index (χ2n) is 6.73. The number of likely N-dealkylation sites (tertiary alicyclic amines) is 1. The van der Waals surface area contributed by atoms with Crippen molar-refractivity contribution in [1.82, 2.24) is 10.2 Å². The Labute approximate surface area is 176 Å². The minimum atomic E-state index is -4.97. The van der Waals surface area contributed by atoms with Crippen LogP contribution in [0.25, 0.3) is 0 Å². The third-order valence-corrected chi connectivity index (χ3v) is 5.22. The molecule has 1 aliphatic rings. The van der Waals surface area contributed by atoms with Crippen LogP contribution in [0.15, 0.2) is 30.9 Å². The molecule has 1 aliphatic heterocycles. The number of anilines is 1. The van der Waals surface area contributed by atoms with Gasteiger partial charge in [0.25, 0.3) is 6.43 Å². The summed E-state index contributed by atoms with van der Waals surface area (Å²) in [7, 11) is 2.35. The molecule has 31 heavy (non-hydrogen) atoms. The van der Waals surface area contributed by atoms with Crippen LogP contribution in [0, 0.1) is 11.7 Å². The molecule has 167 valence electrons. The zero-order valence-electron chi connectivity index (χ0n) is 15.7. The van der Waals surface area contributed by atoms with Gasteiger partial charge in [0.2, 0.25) is 5.91 Å². The molecule has 2 atom stereocenters. The van der Waals surface area contributed by atoms with Gasteiger partial charge in [0.05, 0.1) is 21.7 Å². The van der Waals surface area contributed by atoms with Gasteiger partial charge in [0.1, 0.15) is 11.0 Å². The lowest BCUT2D eigenvalue weighted by Crippen LogP contribution is -2.60. The van der Waals surface area contributed by atoms with Crippen molar-refractivity contribution in [3.05, 3.63) is 42.2 Å². The molecule has 0 aliphatic carbocycles. The molecule has 0 spiro atoms. The number of nitrogens with one attached hydrogen (secondary N) is 2. The first-order valence-electron chi connectivity index (χ1n) is 8.74. The summed E-state index contributed by atoms with van der Waals surface area (Å²) in [6, 6.07) is 2.61. The summed E-state index contributed by atoms with van der Waals surface area (Å²) in [5.41, 5.74) is -0.994. The summed E-state index contributed by atoms with van der Waals surface area (Å²) in [4.78, 5) is 37.4. The van der Waals surface area contributed by atoms with E-state index >= 15 is 0 Å². The maximum absolute atomic E-state index is 13.3. The number of carbonyl (C=O) groups is 3. The molecule has 6 nitrogen and oxygen atoms in total. The number of rotatable bonds is 5. The first-order chi connectivity index (χ1) is 14.3. The standard InChI is InChI=1S/C18H16F6N3O3Si/c1-2-17(31,18(22,23)24)26-15(29)16(30)27-6-5-9(8-27)14(28)25-10-3-4-12(19)11(7-10)13(20)21/h2-4,7,9,13H,1,5-6,8H2,(H,25,28)(H,26,29)/t9-,17-/m0/s1. The van der Waals surface area contributed by atoms with E-state index in [4.69, 9.17) is 0 Å². The highest BCUT2D eigenvalue weighted by molar-refractivity contribution is 6.36. The average molecular weight is 464 g/mol. The molecule has 0 bridgehead atoms. The molecule has 1 heterocycles. The number of nitrogens with zero attached hydrogens (tertiary/aromatic N) is 1. The smallest absolute Gasteiger partial charge is 0.334 e. The van der Waals surface area contributed by atoms with E-state index < -0.39 is 52.8 Å². The Hall–Kier alpha value is -2.83. The van der Waals surface area contributed by atoms with Crippen molar-refractivity contribution >= 4 is 33.7 Å². The summed E-state index contributed by atoms with van der Waals surface area (Å²) < 4.78 is 77.9. The molecule has 2 N–H and O–H groups in total. The molecule has 0 unspecified atom stereocenters. The van der Waals surface area contributed by atoms with Crippen molar-refractivity contribution in [3.8, 4) is 0 Å². The average Bonchev–Trinajstić information content (AvgIpc) is 3.17. The van der Waals surface area contributed by atoms with Gasteiger partial charge in [-0.2, -0.15) is 13.2 Å². The molecule has 3 amide bonds. The van der Waals surface area contributed by atoms with Crippen LogP contribution < -0.4 is 10.6 Å². The zero-order valence-corrected chi connectivity index (χ0v) is 16.7. The summed E-state index contributed by atoms with van der Waals surface area (Å²) in [6.07, 6.45) is -7.62. The van der Waals surface area contributed by atoms with Gasteiger partial charge < -0.3 is 15.5 Å². The van der Waals surface area contributed by atoms with E-state index in [1.54, 1.807) is 0 Å². The molecular weight excluding hydrogens is 448 g/mol. The number of amides is 3. The Morgan fingerprint density at radius 2 is 1.90 bits per heavy atom. The fourth-order valence-electron chi connectivity index (χ4n) is 2.81. The minimum Gasteiger partial charge on any atom is -0.334 e. The molecule has 1 fully saturated rings. The maximum atomic E-state index is 13.3. The summed E-state index contributed by atoms with van der Waals surface area (Å²) in [5.74, 6) is -5.53. The van der Waals surface area contributed by atoms with Crippen molar-refractivity contribution in [1.29, 1.82) is 0 Å². The second-order valence-corrected chi connectivity index (χ2v) is 7.52. The predicted octanol–water partition coefficient (Wildman–Crippen LogP) is 2.28. The van der Waals surface area contributed by atoms with Crippen LogP contribution in [0.5, 0.6) is 0 Å². The highest BCUT2D eigenvalue weighted by atomic mass is 28.1. The Balaban J connectivity index is 2.00. The fraction of sp³-hybridized carbons (Fsp3) is 0.389. The Bertz CT molecular complexity index is 895. The van der Waals surface area contributed by atoms with Crippen LogP contribution in [0.3, 0.4) is 0 Å². The van der Waals surface area contributed by atoms with Gasteiger partial charge in [-0.1, -0.05) is 6.08 Å². The molecule has 3 radical (unpaired) electrons. The van der Waals surface area contributed by atoms with E-state index in [2.05, 4.69) is 22.1 Å². The number of benzene rings is 1. The molecule has 0 saturated carbocycles. The number of hydrogen-bond acceptors (Lipinski definition) is 3. The van der Waals surface area contributed by atoms with Crippen LogP contribution in [-0.2, 0) is 14.4 Å². The van der Waals surface area contributed by atoms with Crippen molar-refractivity contribution in [2.24, 2.45) is 5.92 Å². The number of halogens is 6. The Morgan fingerprint density at radius 3 is 2.45 bits per heavy atom. The zero-order chi connectivity index (χ0) is 23.6. The quantitative estimate of drug-likeness (QED) is 0.304. The molecule has 1 aromatic carbocycles. The van der Waals surface area contributed by atoms with E-state index in [1.165, 1.54) is 5.32 Å².